The average Bonchev–Trinajstić information content (AvgIpc) is 2.96. The minimum atomic E-state index is -1.12. The molecule has 1 aromatic heterocycles. The number of non-ortho nitro benzene ring substituents is 2. The number of aryl methyl sites for hydroxylation is 1. The summed E-state index contributed by atoms with van der Waals surface area (Å²) in [5, 5.41) is 32.1. The maximum atomic E-state index is 11.9. The summed E-state index contributed by atoms with van der Waals surface area (Å²) in [6.45, 7) is 0.983. The number of rotatable bonds is 6. The highest BCUT2D eigenvalue weighted by Crippen LogP contribution is 2.23. The predicted octanol–water partition coefficient (Wildman–Crippen LogP) is 1.46. The summed E-state index contributed by atoms with van der Waals surface area (Å²) in [5.74, 6) is -1.82. The summed E-state index contributed by atoms with van der Waals surface area (Å²) in [6.07, 6.45) is 0. The molecule has 0 bridgehead atoms. The van der Waals surface area contributed by atoms with Crippen molar-refractivity contribution in [1.82, 2.24) is 10.2 Å². The number of nitro benzene ring substituents is 2. The zero-order chi connectivity index (χ0) is 18.6. The minimum absolute atomic E-state index is 0.213. The number of hydrogen-bond acceptors (Lipinski definition) is 10. The molecule has 1 heterocycles. The first kappa shape index (κ1) is 17.9. The van der Waals surface area contributed by atoms with Gasteiger partial charge < -0.3 is 4.74 Å². The van der Waals surface area contributed by atoms with Crippen LogP contribution in [0.4, 0.5) is 16.5 Å². The molecule has 25 heavy (non-hydrogen) atoms. The van der Waals surface area contributed by atoms with E-state index in [1.54, 1.807) is 6.92 Å². The number of esters is 1. The van der Waals surface area contributed by atoms with Crippen LogP contribution in [0.1, 0.15) is 15.4 Å². The summed E-state index contributed by atoms with van der Waals surface area (Å²) in [5.41, 5.74) is -1.70. The van der Waals surface area contributed by atoms with Crippen LogP contribution in [0.5, 0.6) is 0 Å². The van der Waals surface area contributed by atoms with Crippen LogP contribution < -0.4 is 5.32 Å². The Balaban J connectivity index is 2.05. The summed E-state index contributed by atoms with van der Waals surface area (Å²) < 4.78 is 4.70. The molecule has 12 nitrogen and oxygen atoms in total. The van der Waals surface area contributed by atoms with Crippen LogP contribution >= 0.6 is 11.3 Å². The third-order valence-electron chi connectivity index (χ3n) is 2.67. The number of amides is 1. The highest BCUT2D eigenvalue weighted by molar-refractivity contribution is 7.15. The molecule has 2 rings (SSSR count). The molecular formula is C12H9N5O7S. The van der Waals surface area contributed by atoms with Crippen molar-refractivity contribution in [2.24, 2.45) is 0 Å². The number of nitrogens with zero attached hydrogens (tertiary/aromatic N) is 4. The van der Waals surface area contributed by atoms with Gasteiger partial charge in [0.1, 0.15) is 5.01 Å². The van der Waals surface area contributed by atoms with Gasteiger partial charge >= 0.3 is 5.97 Å². The molecule has 0 saturated heterocycles. The lowest BCUT2D eigenvalue weighted by molar-refractivity contribution is -0.394. The van der Waals surface area contributed by atoms with Gasteiger partial charge in [0.2, 0.25) is 5.13 Å². The average molecular weight is 367 g/mol. The molecule has 0 aliphatic heterocycles. The monoisotopic (exact) mass is 367 g/mol. The normalized spacial score (nSPS) is 10.1. The molecule has 2 aromatic rings. The van der Waals surface area contributed by atoms with Crippen LogP contribution in [0.3, 0.4) is 0 Å². The van der Waals surface area contributed by atoms with Crippen molar-refractivity contribution < 1.29 is 24.2 Å². The van der Waals surface area contributed by atoms with Crippen LogP contribution in [0, 0.1) is 27.2 Å². The summed E-state index contributed by atoms with van der Waals surface area (Å²) in [4.78, 5) is 43.3. The smallest absolute Gasteiger partial charge is 0.339 e. The fraction of sp³-hybridized carbons (Fsp3) is 0.167. The Hall–Kier alpha value is -3.48. The molecule has 0 atom stereocenters. The molecule has 1 aromatic carbocycles. The highest BCUT2D eigenvalue weighted by Gasteiger charge is 2.21. The van der Waals surface area contributed by atoms with Gasteiger partial charge in [0.05, 0.1) is 21.5 Å². The number of benzene rings is 1. The third-order valence-corrected chi connectivity index (χ3v) is 3.42. The van der Waals surface area contributed by atoms with Gasteiger partial charge in [0, 0.05) is 12.1 Å². The Morgan fingerprint density at radius 3 is 2.24 bits per heavy atom. The first-order valence-electron chi connectivity index (χ1n) is 6.47. The van der Waals surface area contributed by atoms with Crippen molar-refractivity contribution in [3.8, 4) is 0 Å². The quantitative estimate of drug-likeness (QED) is 0.451. The number of carbonyl (C=O) groups excluding carboxylic acids is 2. The van der Waals surface area contributed by atoms with Crippen molar-refractivity contribution in [3.05, 3.63) is 49.0 Å². The largest absolute Gasteiger partial charge is 0.452 e. The van der Waals surface area contributed by atoms with E-state index < -0.39 is 45.3 Å². The van der Waals surface area contributed by atoms with Crippen LogP contribution in [0.25, 0.3) is 0 Å². The third kappa shape index (κ3) is 4.74. The Bertz CT molecular complexity index is 833. The maximum Gasteiger partial charge on any atom is 0.339 e. The highest BCUT2D eigenvalue weighted by atomic mass is 32.1. The number of nitrogens with one attached hydrogen (secondary N) is 1. The number of nitro groups is 2. The molecule has 13 heteroatoms. The van der Waals surface area contributed by atoms with E-state index in [0.717, 1.165) is 23.5 Å². The van der Waals surface area contributed by atoms with Gasteiger partial charge in [-0.1, -0.05) is 11.3 Å². The Morgan fingerprint density at radius 2 is 1.76 bits per heavy atom. The van der Waals surface area contributed by atoms with Crippen molar-refractivity contribution in [2.75, 3.05) is 11.9 Å². The zero-order valence-corrected chi connectivity index (χ0v) is 13.3. The van der Waals surface area contributed by atoms with E-state index in [1.807, 2.05) is 0 Å². The molecule has 0 aliphatic carbocycles. The lowest BCUT2D eigenvalue weighted by Gasteiger charge is -2.04. The van der Waals surface area contributed by atoms with Crippen molar-refractivity contribution in [3.63, 3.8) is 0 Å². The van der Waals surface area contributed by atoms with Crippen LogP contribution in [0.2, 0.25) is 0 Å². The Morgan fingerprint density at radius 1 is 1.16 bits per heavy atom. The van der Waals surface area contributed by atoms with Gasteiger partial charge in [0.25, 0.3) is 17.3 Å². The van der Waals surface area contributed by atoms with Crippen LogP contribution in [-0.2, 0) is 9.53 Å². The molecule has 0 saturated carbocycles. The Kier molecular flexibility index (Phi) is 5.28. The maximum absolute atomic E-state index is 11.9. The molecular weight excluding hydrogens is 358 g/mol. The predicted molar refractivity (Wildman–Crippen MR) is 83.3 cm³/mol. The number of hydrogen-bond donors (Lipinski definition) is 1. The number of anilines is 1. The van der Waals surface area contributed by atoms with Crippen molar-refractivity contribution >= 4 is 39.7 Å². The van der Waals surface area contributed by atoms with E-state index in [-0.39, 0.29) is 5.13 Å². The second-order valence-electron chi connectivity index (χ2n) is 4.50. The Labute approximate surface area is 142 Å². The van der Waals surface area contributed by atoms with Gasteiger partial charge in [-0.3, -0.25) is 30.3 Å². The second-order valence-corrected chi connectivity index (χ2v) is 5.68. The van der Waals surface area contributed by atoms with E-state index in [2.05, 4.69) is 15.5 Å². The van der Waals surface area contributed by atoms with Crippen LogP contribution in [0.15, 0.2) is 18.2 Å². The van der Waals surface area contributed by atoms with Gasteiger partial charge in [-0.05, 0) is 6.92 Å². The summed E-state index contributed by atoms with van der Waals surface area (Å²) in [7, 11) is 0. The van der Waals surface area contributed by atoms with E-state index in [4.69, 9.17) is 4.74 Å². The first-order chi connectivity index (χ1) is 11.8. The molecule has 0 fully saturated rings. The molecule has 1 N–H and O–H groups in total. The molecule has 0 aliphatic rings. The standard InChI is InChI=1S/C12H9N5O7S/c1-6-14-15-12(25-6)13-10(18)5-24-11(19)7-2-8(16(20)21)4-9(3-7)17(22)23/h2-4H,5H2,1H3,(H,13,15,18). The van der Waals surface area contributed by atoms with Crippen LogP contribution in [-0.4, -0.2) is 38.5 Å². The van der Waals surface area contributed by atoms with Gasteiger partial charge in [-0.2, -0.15) is 0 Å². The number of carbonyl (C=O) groups is 2. The van der Waals surface area contributed by atoms with E-state index in [1.165, 1.54) is 0 Å². The number of ether oxygens (including phenoxy) is 1. The van der Waals surface area contributed by atoms with E-state index in [9.17, 15) is 29.8 Å². The topological polar surface area (TPSA) is 167 Å². The molecule has 0 spiro atoms. The van der Waals surface area contributed by atoms with Crippen molar-refractivity contribution in [2.45, 2.75) is 6.92 Å². The number of aromatic nitrogens is 2. The molecule has 130 valence electrons. The lowest BCUT2D eigenvalue weighted by atomic mass is 10.2. The molecule has 0 unspecified atom stereocenters. The fourth-order valence-corrected chi connectivity index (χ4v) is 2.25. The first-order valence-corrected chi connectivity index (χ1v) is 7.29. The lowest BCUT2D eigenvalue weighted by Crippen LogP contribution is -2.21. The fourth-order valence-electron chi connectivity index (χ4n) is 1.64. The van der Waals surface area contributed by atoms with Gasteiger partial charge in [0.15, 0.2) is 6.61 Å². The van der Waals surface area contributed by atoms with E-state index >= 15 is 0 Å². The van der Waals surface area contributed by atoms with Crippen molar-refractivity contribution in [1.29, 1.82) is 0 Å². The summed E-state index contributed by atoms with van der Waals surface area (Å²) in [6, 6.07) is 2.35. The zero-order valence-electron chi connectivity index (χ0n) is 12.5. The molecule has 1 amide bonds. The van der Waals surface area contributed by atoms with E-state index in [0.29, 0.717) is 11.1 Å². The second kappa shape index (κ2) is 7.39. The van der Waals surface area contributed by atoms with Gasteiger partial charge in [-0.15, -0.1) is 10.2 Å². The van der Waals surface area contributed by atoms with Gasteiger partial charge in [-0.25, -0.2) is 4.79 Å². The molecule has 0 radical (unpaired) electrons. The summed E-state index contributed by atoms with van der Waals surface area (Å²) >= 11 is 1.11. The SMILES string of the molecule is Cc1nnc(NC(=O)COC(=O)c2cc([N+](=O)[O-])cc([N+](=O)[O-])c2)s1. The minimum Gasteiger partial charge on any atom is -0.452 e.